The van der Waals surface area contributed by atoms with Gasteiger partial charge in [-0.3, -0.25) is 0 Å². The summed E-state index contributed by atoms with van der Waals surface area (Å²) in [6.45, 7) is 1.66. The molecule has 5 nitrogen and oxygen atoms in total. The maximum atomic E-state index is 9.36. The van der Waals surface area contributed by atoms with Gasteiger partial charge in [0.2, 0.25) is 0 Å². The highest BCUT2D eigenvalue weighted by Crippen LogP contribution is 2.21. The highest BCUT2D eigenvalue weighted by Gasteiger charge is 2.41. The molecule has 5 heteroatoms. The third-order valence-corrected chi connectivity index (χ3v) is 2.07. The molecule has 0 aromatic rings. The summed E-state index contributed by atoms with van der Waals surface area (Å²) in [7, 11) is 1.41. The SMILES string of the molecule is CO[C@H]1[C@@H](O)[C@H](O)[C@@H](O)O[C@@H]1C. The lowest BCUT2D eigenvalue weighted by atomic mass is 10.00. The topological polar surface area (TPSA) is 79.2 Å². The molecule has 1 aliphatic heterocycles. The molecule has 0 aromatic carbocycles. The van der Waals surface area contributed by atoms with E-state index in [2.05, 4.69) is 0 Å². The average molecular weight is 178 g/mol. The van der Waals surface area contributed by atoms with E-state index in [1.165, 1.54) is 7.11 Å². The van der Waals surface area contributed by atoms with Crippen molar-refractivity contribution >= 4 is 0 Å². The number of ether oxygens (including phenoxy) is 2. The first-order valence-corrected chi connectivity index (χ1v) is 3.80. The quantitative estimate of drug-likeness (QED) is 0.453. The van der Waals surface area contributed by atoms with Crippen LogP contribution in [0.5, 0.6) is 0 Å². The Kier molecular flexibility index (Phi) is 3.03. The van der Waals surface area contributed by atoms with E-state index in [4.69, 9.17) is 19.7 Å². The smallest absolute Gasteiger partial charge is 0.183 e. The zero-order valence-electron chi connectivity index (χ0n) is 7.04. The van der Waals surface area contributed by atoms with Gasteiger partial charge in [-0.05, 0) is 6.92 Å². The molecule has 1 aliphatic rings. The highest BCUT2D eigenvalue weighted by atomic mass is 16.6. The zero-order chi connectivity index (χ0) is 9.30. The third kappa shape index (κ3) is 1.60. The van der Waals surface area contributed by atoms with Crippen LogP contribution < -0.4 is 0 Å². The van der Waals surface area contributed by atoms with E-state index in [9.17, 15) is 5.11 Å². The molecule has 0 radical (unpaired) electrons. The fourth-order valence-corrected chi connectivity index (χ4v) is 1.35. The van der Waals surface area contributed by atoms with Crippen LogP contribution in [0.4, 0.5) is 0 Å². The predicted octanol–water partition coefficient (Wildman–Crippen LogP) is -1.54. The van der Waals surface area contributed by atoms with Crippen LogP contribution in [-0.4, -0.2) is 53.1 Å². The molecule has 3 N–H and O–H groups in total. The maximum absolute atomic E-state index is 9.36. The summed E-state index contributed by atoms with van der Waals surface area (Å²) in [6.07, 6.45) is -4.76. The molecule has 1 saturated heterocycles. The van der Waals surface area contributed by atoms with Gasteiger partial charge >= 0.3 is 0 Å². The van der Waals surface area contributed by atoms with E-state index in [1.54, 1.807) is 6.92 Å². The van der Waals surface area contributed by atoms with E-state index in [1.807, 2.05) is 0 Å². The third-order valence-electron chi connectivity index (χ3n) is 2.07. The van der Waals surface area contributed by atoms with Gasteiger partial charge in [0, 0.05) is 7.11 Å². The van der Waals surface area contributed by atoms with Crippen LogP contribution in [0.3, 0.4) is 0 Å². The molecule has 0 aliphatic carbocycles. The van der Waals surface area contributed by atoms with Gasteiger partial charge in [0.15, 0.2) is 6.29 Å². The van der Waals surface area contributed by atoms with E-state index in [0.29, 0.717) is 0 Å². The molecule has 1 fully saturated rings. The average Bonchev–Trinajstić information content (AvgIpc) is 2.01. The number of aliphatic hydroxyl groups excluding tert-OH is 3. The highest BCUT2D eigenvalue weighted by molar-refractivity contribution is 4.87. The lowest BCUT2D eigenvalue weighted by Crippen LogP contribution is -2.57. The first-order chi connectivity index (χ1) is 5.57. The maximum Gasteiger partial charge on any atom is 0.183 e. The second-order valence-corrected chi connectivity index (χ2v) is 2.91. The minimum absolute atomic E-state index is 0.427. The number of aliphatic hydroxyl groups is 3. The summed E-state index contributed by atoms with van der Waals surface area (Å²) in [4.78, 5) is 0. The summed E-state index contributed by atoms with van der Waals surface area (Å²) in [6, 6.07) is 0. The number of hydrogen-bond donors (Lipinski definition) is 3. The molecular weight excluding hydrogens is 164 g/mol. The van der Waals surface area contributed by atoms with E-state index in [-0.39, 0.29) is 0 Å². The van der Waals surface area contributed by atoms with Crippen molar-refractivity contribution in [2.45, 2.75) is 37.6 Å². The van der Waals surface area contributed by atoms with Crippen LogP contribution in [0.25, 0.3) is 0 Å². The zero-order valence-corrected chi connectivity index (χ0v) is 7.04. The first-order valence-electron chi connectivity index (χ1n) is 3.80. The Labute approximate surface area is 70.5 Å². The van der Waals surface area contributed by atoms with Crippen molar-refractivity contribution in [3.05, 3.63) is 0 Å². The summed E-state index contributed by atoms with van der Waals surface area (Å²) in [5.74, 6) is 0. The van der Waals surface area contributed by atoms with Crippen LogP contribution in [-0.2, 0) is 9.47 Å². The molecular formula is C7H14O5. The second kappa shape index (κ2) is 3.68. The molecule has 5 atom stereocenters. The van der Waals surface area contributed by atoms with Gasteiger partial charge in [-0.15, -0.1) is 0 Å². The fourth-order valence-electron chi connectivity index (χ4n) is 1.35. The molecule has 0 spiro atoms. The minimum atomic E-state index is -1.33. The molecule has 1 rings (SSSR count). The number of hydrogen-bond acceptors (Lipinski definition) is 5. The molecule has 0 aromatic heterocycles. The Morgan fingerprint density at radius 3 is 2.25 bits per heavy atom. The normalized spacial score (nSPS) is 49.2. The van der Waals surface area contributed by atoms with Gasteiger partial charge in [-0.1, -0.05) is 0 Å². The molecule has 72 valence electrons. The van der Waals surface area contributed by atoms with E-state index >= 15 is 0 Å². The van der Waals surface area contributed by atoms with E-state index < -0.39 is 30.7 Å². The fraction of sp³-hybridized carbons (Fsp3) is 1.00. The van der Waals surface area contributed by atoms with Crippen molar-refractivity contribution in [1.82, 2.24) is 0 Å². The second-order valence-electron chi connectivity index (χ2n) is 2.91. The Bertz CT molecular complexity index is 151. The van der Waals surface area contributed by atoms with Crippen LogP contribution in [0.2, 0.25) is 0 Å². The van der Waals surface area contributed by atoms with Crippen molar-refractivity contribution in [3.8, 4) is 0 Å². The molecule has 0 saturated carbocycles. The van der Waals surface area contributed by atoms with Crippen LogP contribution in [0.15, 0.2) is 0 Å². The Hall–Kier alpha value is -0.200. The summed E-state index contributed by atoms with van der Waals surface area (Å²) < 4.78 is 9.78. The molecule has 0 amide bonds. The van der Waals surface area contributed by atoms with Crippen molar-refractivity contribution in [3.63, 3.8) is 0 Å². The van der Waals surface area contributed by atoms with Crippen molar-refractivity contribution < 1.29 is 24.8 Å². The van der Waals surface area contributed by atoms with Gasteiger partial charge in [-0.25, -0.2) is 0 Å². The lowest BCUT2D eigenvalue weighted by Gasteiger charge is -2.38. The molecule has 0 bridgehead atoms. The van der Waals surface area contributed by atoms with Gasteiger partial charge < -0.3 is 24.8 Å². The summed E-state index contributed by atoms with van der Waals surface area (Å²) >= 11 is 0. The first kappa shape index (κ1) is 9.88. The van der Waals surface area contributed by atoms with Crippen LogP contribution in [0, 0.1) is 0 Å². The minimum Gasteiger partial charge on any atom is -0.387 e. The van der Waals surface area contributed by atoms with Gasteiger partial charge in [-0.2, -0.15) is 0 Å². The molecule has 1 heterocycles. The number of rotatable bonds is 1. The largest absolute Gasteiger partial charge is 0.387 e. The lowest BCUT2D eigenvalue weighted by molar-refractivity contribution is -0.281. The van der Waals surface area contributed by atoms with E-state index in [0.717, 1.165) is 0 Å². The monoisotopic (exact) mass is 178 g/mol. The van der Waals surface area contributed by atoms with Crippen molar-refractivity contribution in [1.29, 1.82) is 0 Å². The Morgan fingerprint density at radius 1 is 1.17 bits per heavy atom. The Balaban J connectivity index is 2.65. The van der Waals surface area contributed by atoms with Crippen molar-refractivity contribution in [2.24, 2.45) is 0 Å². The summed E-state index contributed by atoms with van der Waals surface area (Å²) in [5.41, 5.74) is 0. The number of methoxy groups -OCH3 is 1. The predicted molar refractivity (Wildman–Crippen MR) is 39.4 cm³/mol. The molecule has 0 unspecified atom stereocenters. The molecule has 12 heavy (non-hydrogen) atoms. The summed E-state index contributed by atoms with van der Waals surface area (Å²) in [5, 5.41) is 27.6. The van der Waals surface area contributed by atoms with Gasteiger partial charge in [0.05, 0.1) is 6.10 Å². The standard InChI is InChI=1S/C7H14O5/c1-3-6(11-2)4(8)5(9)7(10)12-3/h3-10H,1-2H3/t3-,4+,5+,6-,7+/m1/s1. The van der Waals surface area contributed by atoms with Gasteiger partial charge in [0.25, 0.3) is 0 Å². The Morgan fingerprint density at radius 2 is 1.75 bits per heavy atom. The van der Waals surface area contributed by atoms with Crippen LogP contribution >= 0.6 is 0 Å². The van der Waals surface area contributed by atoms with Crippen molar-refractivity contribution in [2.75, 3.05) is 7.11 Å². The van der Waals surface area contributed by atoms with Gasteiger partial charge in [0.1, 0.15) is 18.3 Å². The van der Waals surface area contributed by atoms with Crippen LogP contribution in [0.1, 0.15) is 6.92 Å².